The first-order valence-electron chi connectivity index (χ1n) is 10.5. The van der Waals surface area contributed by atoms with E-state index in [0.717, 1.165) is 30.3 Å². The van der Waals surface area contributed by atoms with Gasteiger partial charge in [0.25, 0.3) is 5.91 Å². The third kappa shape index (κ3) is 8.50. The highest BCUT2D eigenvalue weighted by Crippen LogP contribution is 2.41. The van der Waals surface area contributed by atoms with Crippen LogP contribution >= 0.6 is 46.6 Å². The summed E-state index contributed by atoms with van der Waals surface area (Å²) < 4.78 is 82.4. The topological polar surface area (TPSA) is 29.1 Å². The van der Waals surface area contributed by atoms with Gasteiger partial charge in [0.1, 0.15) is 0 Å². The molecular weight excluding hydrogens is 571 g/mol. The number of carbonyl (C=O) groups is 1. The third-order valence-corrected chi connectivity index (χ3v) is 7.41. The predicted octanol–water partition coefficient (Wildman–Crippen LogP) is 9.28. The summed E-state index contributed by atoms with van der Waals surface area (Å²) in [6, 6.07) is 4.31. The molecule has 2 rings (SSSR count). The van der Waals surface area contributed by atoms with Crippen molar-refractivity contribution in [1.82, 2.24) is 5.32 Å². The van der Waals surface area contributed by atoms with Crippen molar-refractivity contribution in [1.29, 1.82) is 0 Å². The lowest BCUT2D eigenvalue weighted by Crippen LogP contribution is -2.35. The number of nitrogens with one attached hydrogen (secondary N) is 1. The fourth-order valence-electron chi connectivity index (χ4n) is 3.15. The summed E-state index contributed by atoms with van der Waals surface area (Å²) in [6.45, 7) is 5.57. The molecule has 0 saturated heterocycles. The van der Waals surface area contributed by atoms with Gasteiger partial charge in [-0.05, 0) is 47.6 Å². The molecule has 2 atom stereocenters. The molecule has 36 heavy (non-hydrogen) atoms. The Bertz CT molecular complexity index is 1100. The average Bonchev–Trinajstić information content (AvgIpc) is 2.74. The largest absolute Gasteiger partial charge is 0.417 e. The maximum Gasteiger partial charge on any atom is 0.417 e. The van der Waals surface area contributed by atoms with Gasteiger partial charge in [-0.3, -0.25) is 4.79 Å². The van der Waals surface area contributed by atoms with Crippen LogP contribution < -0.4 is 5.32 Å². The molecule has 1 N–H and O–H groups in total. The van der Waals surface area contributed by atoms with Crippen molar-refractivity contribution >= 4 is 58.5 Å². The summed E-state index contributed by atoms with van der Waals surface area (Å²) in [7, 11) is 0. The summed E-state index contributed by atoms with van der Waals surface area (Å²) in [5, 5.41) is 2.30. The normalized spacial score (nSPS) is 14.4. The van der Waals surface area contributed by atoms with E-state index in [0.29, 0.717) is 17.9 Å². The molecule has 0 radical (unpaired) electrons. The lowest BCUT2D eigenvalue weighted by Gasteiger charge is -2.19. The molecule has 2 unspecified atom stereocenters. The Kier molecular flexibility index (Phi) is 10.5. The molecule has 0 aliphatic heterocycles. The summed E-state index contributed by atoms with van der Waals surface area (Å²) >= 11 is 19.0. The van der Waals surface area contributed by atoms with Gasteiger partial charge in [0.05, 0.1) is 32.1 Å². The first-order valence-corrected chi connectivity index (χ1v) is 12.7. The maximum atomic E-state index is 13.7. The predicted molar refractivity (Wildman–Crippen MR) is 135 cm³/mol. The molecule has 0 fully saturated rings. The van der Waals surface area contributed by atoms with Crippen LogP contribution in [-0.2, 0) is 6.18 Å². The van der Waals surface area contributed by atoms with Crippen LogP contribution in [0.15, 0.2) is 36.4 Å². The van der Waals surface area contributed by atoms with E-state index in [9.17, 15) is 31.1 Å². The number of alkyl halides is 6. The second-order valence-corrected chi connectivity index (χ2v) is 11.0. The quantitative estimate of drug-likeness (QED) is 0.244. The highest BCUT2D eigenvalue weighted by Gasteiger charge is 2.40. The number of allylic oxidation sites excluding steroid dienone is 1. The molecule has 1 amide bonds. The number of halogens is 9. The molecule has 198 valence electrons. The van der Waals surface area contributed by atoms with E-state index in [-0.39, 0.29) is 31.4 Å². The smallest absolute Gasteiger partial charge is 0.349 e. The van der Waals surface area contributed by atoms with Crippen molar-refractivity contribution in [3.63, 3.8) is 0 Å². The minimum absolute atomic E-state index is 0.118. The first-order chi connectivity index (χ1) is 16.5. The van der Waals surface area contributed by atoms with E-state index in [1.165, 1.54) is 11.8 Å². The second-order valence-electron chi connectivity index (χ2n) is 8.24. The number of thioether (sulfide) groups is 1. The van der Waals surface area contributed by atoms with E-state index >= 15 is 0 Å². The Morgan fingerprint density at radius 1 is 1.00 bits per heavy atom. The van der Waals surface area contributed by atoms with Crippen molar-refractivity contribution in [3.05, 3.63) is 73.7 Å². The van der Waals surface area contributed by atoms with Crippen LogP contribution in [0.4, 0.5) is 26.3 Å². The lowest BCUT2D eigenvalue weighted by atomic mass is 9.96. The van der Waals surface area contributed by atoms with E-state index in [1.807, 2.05) is 13.8 Å². The summed E-state index contributed by atoms with van der Waals surface area (Å²) in [6.07, 6.45) is -8.12. The van der Waals surface area contributed by atoms with Gasteiger partial charge in [-0.25, -0.2) is 0 Å². The summed E-state index contributed by atoms with van der Waals surface area (Å²) in [4.78, 5) is 12.5. The number of hydrogen-bond donors (Lipinski definition) is 1. The first kappa shape index (κ1) is 30.7. The van der Waals surface area contributed by atoms with E-state index in [2.05, 4.69) is 5.32 Å². The van der Waals surface area contributed by atoms with Gasteiger partial charge in [0.2, 0.25) is 0 Å². The molecule has 0 heterocycles. The van der Waals surface area contributed by atoms with Crippen molar-refractivity contribution < 1.29 is 31.1 Å². The summed E-state index contributed by atoms with van der Waals surface area (Å²) in [5.74, 6) is -2.64. The molecule has 0 saturated carbocycles. The fraction of sp³-hybridized carbons (Fsp3) is 0.375. The van der Waals surface area contributed by atoms with Gasteiger partial charge in [-0.1, -0.05) is 66.9 Å². The van der Waals surface area contributed by atoms with E-state index in [4.69, 9.17) is 34.8 Å². The van der Waals surface area contributed by atoms with Crippen LogP contribution in [0.25, 0.3) is 6.08 Å². The zero-order chi connectivity index (χ0) is 27.4. The van der Waals surface area contributed by atoms with Crippen molar-refractivity contribution in [2.24, 2.45) is 0 Å². The molecule has 2 aromatic rings. The van der Waals surface area contributed by atoms with E-state index in [1.54, 1.807) is 6.92 Å². The van der Waals surface area contributed by atoms with Crippen LogP contribution in [0, 0.1) is 0 Å². The Morgan fingerprint density at radius 2 is 1.58 bits per heavy atom. The Hall–Kier alpha value is -1.55. The van der Waals surface area contributed by atoms with Gasteiger partial charge >= 0.3 is 12.4 Å². The number of benzene rings is 2. The Morgan fingerprint density at radius 3 is 2.08 bits per heavy atom. The third-order valence-electron chi connectivity index (χ3n) is 4.85. The van der Waals surface area contributed by atoms with Crippen molar-refractivity contribution in [2.75, 3.05) is 5.75 Å². The van der Waals surface area contributed by atoms with Crippen LogP contribution in [0.3, 0.4) is 0 Å². The number of hydrogen-bond acceptors (Lipinski definition) is 2. The molecule has 12 heteroatoms. The standard InChI is InChI=1S/C24H22Cl3F6NOS/c1-12(2)36-11-13(3)34-22(35)16-6-4-14(8-18(16)24(31,32)33)5-7-17(23(28,29)30)15-9-19(25)21(27)20(26)10-15/h4-10,12-13,17H,11H2,1-3H3,(H,34,35)/b7-5+. The van der Waals surface area contributed by atoms with Gasteiger partial charge in [0.15, 0.2) is 0 Å². The molecule has 0 aromatic heterocycles. The van der Waals surface area contributed by atoms with Gasteiger partial charge in [-0.15, -0.1) is 0 Å². The fourth-order valence-corrected chi connectivity index (χ4v) is 4.52. The minimum atomic E-state index is -4.91. The monoisotopic (exact) mass is 591 g/mol. The van der Waals surface area contributed by atoms with Crippen LogP contribution in [-0.4, -0.2) is 29.1 Å². The number of amides is 1. The highest BCUT2D eigenvalue weighted by atomic mass is 35.5. The zero-order valence-electron chi connectivity index (χ0n) is 19.2. The van der Waals surface area contributed by atoms with E-state index < -0.39 is 41.3 Å². The maximum absolute atomic E-state index is 13.7. The Balaban J connectivity index is 2.40. The average molecular weight is 593 g/mol. The molecule has 0 aliphatic carbocycles. The van der Waals surface area contributed by atoms with Gasteiger partial charge < -0.3 is 5.32 Å². The van der Waals surface area contributed by atoms with Crippen molar-refractivity contribution in [2.45, 2.75) is 50.3 Å². The minimum Gasteiger partial charge on any atom is -0.349 e. The zero-order valence-corrected chi connectivity index (χ0v) is 22.3. The number of carbonyl (C=O) groups excluding carboxylic acids is 1. The molecule has 0 aliphatic rings. The van der Waals surface area contributed by atoms with Crippen LogP contribution in [0.2, 0.25) is 15.1 Å². The molecule has 2 nitrogen and oxygen atoms in total. The van der Waals surface area contributed by atoms with Crippen LogP contribution in [0.1, 0.15) is 53.7 Å². The molecule has 2 aromatic carbocycles. The summed E-state index contributed by atoms with van der Waals surface area (Å²) in [5.41, 5.74) is -2.39. The SMILES string of the molecule is CC(CSC(C)C)NC(=O)c1ccc(/C=C/C(c2cc(Cl)c(Cl)c(Cl)c2)C(F)(F)F)cc1C(F)(F)F. The highest BCUT2D eigenvalue weighted by molar-refractivity contribution is 7.99. The second kappa shape index (κ2) is 12.3. The van der Waals surface area contributed by atoms with Crippen LogP contribution in [0.5, 0.6) is 0 Å². The molecule has 0 spiro atoms. The van der Waals surface area contributed by atoms with Gasteiger partial charge in [0, 0.05) is 11.8 Å². The molecular formula is C24H22Cl3F6NOS. The molecule has 0 bridgehead atoms. The van der Waals surface area contributed by atoms with Gasteiger partial charge in [-0.2, -0.15) is 38.1 Å². The van der Waals surface area contributed by atoms with Crippen molar-refractivity contribution in [3.8, 4) is 0 Å². The lowest BCUT2D eigenvalue weighted by molar-refractivity contribution is -0.139. The Labute approximate surface area is 224 Å². The number of rotatable bonds is 8.